The van der Waals surface area contributed by atoms with Crippen molar-refractivity contribution in [2.24, 2.45) is 0 Å². The molecule has 1 saturated heterocycles. The van der Waals surface area contributed by atoms with E-state index < -0.39 is 12.0 Å². The van der Waals surface area contributed by atoms with Crippen LogP contribution in [0.4, 0.5) is 0 Å². The van der Waals surface area contributed by atoms with Gasteiger partial charge in [-0.15, -0.1) is 0 Å². The smallest absolute Gasteiger partial charge is 0.326 e. The summed E-state index contributed by atoms with van der Waals surface area (Å²) in [5.74, 6) is -0.200. The van der Waals surface area contributed by atoms with E-state index in [1.807, 2.05) is 30.3 Å². The van der Waals surface area contributed by atoms with Gasteiger partial charge in [0.25, 0.3) is 0 Å². The van der Waals surface area contributed by atoms with Crippen molar-refractivity contribution in [3.63, 3.8) is 0 Å². The first kappa shape index (κ1) is 15.4. The van der Waals surface area contributed by atoms with Crippen LogP contribution in [0.1, 0.15) is 32.1 Å². The Morgan fingerprint density at radius 1 is 1.24 bits per heavy atom. The Morgan fingerprint density at radius 2 is 2.00 bits per heavy atom. The number of piperidine rings is 1. The largest absolute Gasteiger partial charge is 0.494 e. The Balaban J connectivity index is 1.74. The van der Waals surface area contributed by atoms with Crippen LogP contribution in [-0.4, -0.2) is 41.1 Å². The molecule has 0 radical (unpaired) electrons. The van der Waals surface area contributed by atoms with Crippen LogP contribution in [0.15, 0.2) is 30.3 Å². The fraction of sp³-hybridized carbons (Fsp3) is 0.500. The van der Waals surface area contributed by atoms with E-state index in [1.54, 1.807) is 0 Å². The first-order valence-corrected chi connectivity index (χ1v) is 7.38. The van der Waals surface area contributed by atoms with Crippen molar-refractivity contribution in [3.05, 3.63) is 30.3 Å². The van der Waals surface area contributed by atoms with Gasteiger partial charge in [0.15, 0.2) is 0 Å². The number of carboxylic acid groups (broad SMARTS) is 1. The summed E-state index contributed by atoms with van der Waals surface area (Å²) in [6.07, 6.45) is 3.24. The van der Waals surface area contributed by atoms with Crippen LogP contribution in [0.5, 0.6) is 5.75 Å². The lowest BCUT2D eigenvalue weighted by atomic mass is 10.0. The quantitative estimate of drug-likeness (QED) is 0.817. The zero-order valence-corrected chi connectivity index (χ0v) is 12.0. The van der Waals surface area contributed by atoms with Gasteiger partial charge in [-0.25, -0.2) is 4.79 Å². The SMILES string of the molecule is O=C(O)[C@H]1CCCCN1C(=O)CCCOc1ccccc1. The fourth-order valence-corrected chi connectivity index (χ4v) is 2.56. The second-order valence-electron chi connectivity index (χ2n) is 5.20. The number of ether oxygens (including phenoxy) is 1. The minimum Gasteiger partial charge on any atom is -0.494 e. The number of likely N-dealkylation sites (tertiary alicyclic amines) is 1. The van der Waals surface area contributed by atoms with Crippen molar-refractivity contribution >= 4 is 11.9 Å². The lowest BCUT2D eigenvalue weighted by Gasteiger charge is -2.33. The molecule has 0 aliphatic carbocycles. The maximum Gasteiger partial charge on any atom is 0.326 e. The van der Waals surface area contributed by atoms with E-state index in [-0.39, 0.29) is 5.91 Å². The lowest BCUT2D eigenvalue weighted by Crippen LogP contribution is -2.47. The number of rotatable bonds is 6. The Labute approximate surface area is 124 Å². The van der Waals surface area contributed by atoms with Crippen molar-refractivity contribution in [2.45, 2.75) is 38.1 Å². The summed E-state index contributed by atoms with van der Waals surface area (Å²) in [5.41, 5.74) is 0. The second kappa shape index (κ2) is 7.67. The molecule has 0 unspecified atom stereocenters. The number of carbonyl (C=O) groups excluding carboxylic acids is 1. The van der Waals surface area contributed by atoms with Crippen LogP contribution in [0.3, 0.4) is 0 Å². The van der Waals surface area contributed by atoms with E-state index >= 15 is 0 Å². The molecule has 1 aromatic rings. The third-order valence-corrected chi connectivity index (χ3v) is 3.66. The third-order valence-electron chi connectivity index (χ3n) is 3.66. The van der Waals surface area contributed by atoms with Crippen molar-refractivity contribution in [2.75, 3.05) is 13.2 Å². The highest BCUT2D eigenvalue weighted by Gasteiger charge is 2.31. The Hall–Kier alpha value is -2.04. The molecule has 1 atom stereocenters. The molecular weight excluding hydrogens is 270 g/mol. The minimum atomic E-state index is -0.899. The van der Waals surface area contributed by atoms with E-state index in [0.29, 0.717) is 32.4 Å². The van der Waals surface area contributed by atoms with Crippen LogP contribution in [0.25, 0.3) is 0 Å². The van der Waals surface area contributed by atoms with Gasteiger partial charge in [0.1, 0.15) is 11.8 Å². The van der Waals surface area contributed by atoms with Crippen molar-refractivity contribution in [1.29, 1.82) is 0 Å². The maximum atomic E-state index is 12.1. The molecule has 1 aromatic carbocycles. The van der Waals surface area contributed by atoms with Gasteiger partial charge in [0.05, 0.1) is 6.61 Å². The first-order valence-electron chi connectivity index (χ1n) is 7.38. The molecule has 1 amide bonds. The summed E-state index contributed by atoms with van der Waals surface area (Å²) in [7, 11) is 0. The zero-order valence-electron chi connectivity index (χ0n) is 12.0. The topological polar surface area (TPSA) is 66.8 Å². The number of aliphatic carboxylic acids is 1. The molecule has 5 heteroatoms. The van der Waals surface area contributed by atoms with Crippen LogP contribution >= 0.6 is 0 Å². The van der Waals surface area contributed by atoms with E-state index in [2.05, 4.69) is 0 Å². The van der Waals surface area contributed by atoms with E-state index in [0.717, 1.165) is 18.6 Å². The highest BCUT2D eigenvalue weighted by molar-refractivity contribution is 5.83. The van der Waals surface area contributed by atoms with Gasteiger partial charge in [-0.05, 0) is 37.8 Å². The number of nitrogens with zero attached hydrogens (tertiary/aromatic N) is 1. The summed E-state index contributed by atoms with van der Waals surface area (Å²) in [4.78, 5) is 24.8. The molecule has 5 nitrogen and oxygen atoms in total. The summed E-state index contributed by atoms with van der Waals surface area (Å²) in [5, 5.41) is 9.16. The Bertz CT molecular complexity index is 474. The number of hydrogen-bond donors (Lipinski definition) is 1. The maximum absolute atomic E-state index is 12.1. The number of benzene rings is 1. The molecule has 0 bridgehead atoms. The van der Waals surface area contributed by atoms with Crippen molar-refractivity contribution in [1.82, 2.24) is 4.90 Å². The summed E-state index contributed by atoms with van der Waals surface area (Å²) >= 11 is 0. The van der Waals surface area contributed by atoms with Gasteiger partial charge in [0, 0.05) is 13.0 Å². The standard InChI is InChI=1S/C16H21NO4/c18-15(17-11-5-4-9-14(17)16(19)20)10-6-12-21-13-7-2-1-3-8-13/h1-3,7-8,14H,4-6,9-12H2,(H,19,20)/t14-/m1/s1. The lowest BCUT2D eigenvalue weighted by molar-refractivity contribution is -0.152. The molecule has 1 heterocycles. The minimum absolute atomic E-state index is 0.0845. The number of carboxylic acids is 1. The van der Waals surface area contributed by atoms with Crippen LogP contribution in [0, 0.1) is 0 Å². The monoisotopic (exact) mass is 291 g/mol. The summed E-state index contributed by atoms with van der Waals surface area (Å²) in [6.45, 7) is 1.01. The molecule has 2 rings (SSSR count). The molecule has 0 spiro atoms. The number of amides is 1. The summed E-state index contributed by atoms with van der Waals surface area (Å²) in [6, 6.07) is 8.79. The zero-order chi connectivity index (χ0) is 15.1. The normalized spacial score (nSPS) is 18.3. The summed E-state index contributed by atoms with van der Waals surface area (Å²) < 4.78 is 5.53. The highest BCUT2D eigenvalue weighted by Crippen LogP contribution is 2.18. The van der Waals surface area contributed by atoms with Crippen LogP contribution in [0.2, 0.25) is 0 Å². The second-order valence-corrected chi connectivity index (χ2v) is 5.20. The van der Waals surface area contributed by atoms with Gasteiger partial charge in [0.2, 0.25) is 5.91 Å². The molecule has 0 aromatic heterocycles. The Morgan fingerprint density at radius 3 is 2.71 bits per heavy atom. The Kier molecular flexibility index (Phi) is 5.60. The number of hydrogen-bond acceptors (Lipinski definition) is 3. The molecule has 21 heavy (non-hydrogen) atoms. The average molecular weight is 291 g/mol. The molecule has 1 fully saturated rings. The molecule has 1 N–H and O–H groups in total. The third kappa shape index (κ3) is 4.48. The van der Waals surface area contributed by atoms with Crippen molar-refractivity contribution in [3.8, 4) is 5.75 Å². The molecular formula is C16H21NO4. The van der Waals surface area contributed by atoms with Crippen LogP contribution in [-0.2, 0) is 9.59 Å². The van der Waals surface area contributed by atoms with E-state index in [1.165, 1.54) is 4.90 Å². The van der Waals surface area contributed by atoms with Gasteiger partial charge < -0.3 is 14.7 Å². The first-order chi connectivity index (χ1) is 10.2. The van der Waals surface area contributed by atoms with Crippen molar-refractivity contribution < 1.29 is 19.4 Å². The van der Waals surface area contributed by atoms with Gasteiger partial charge in [-0.1, -0.05) is 18.2 Å². The van der Waals surface area contributed by atoms with Gasteiger partial charge in [-0.3, -0.25) is 4.79 Å². The van der Waals surface area contributed by atoms with E-state index in [9.17, 15) is 9.59 Å². The number of carbonyl (C=O) groups is 2. The average Bonchev–Trinajstić information content (AvgIpc) is 2.52. The number of para-hydroxylation sites is 1. The fourth-order valence-electron chi connectivity index (χ4n) is 2.56. The van der Waals surface area contributed by atoms with E-state index in [4.69, 9.17) is 9.84 Å². The predicted molar refractivity (Wildman–Crippen MR) is 78.2 cm³/mol. The molecule has 1 aliphatic heterocycles. The predicted octanol–water partition coefficient (Wildman–Crippen LogP) is 2.31. The molecule has 0 saturated carbocycles. The highest BCUT2D eigenvalue weighted by atomic mass is 16.5. The van der Waals surface area contributed by atoms with Gasteiger partial charge >= 0.3 is 5.97 Å². The molecule has 1 aliphatic rings. The molecule has 114 valence electrons. The van der Waals surface area contributed by atoms with Gasteiger partial charge in [-0.2, -0.15) is 0 Å². The van der Waals surface area contributed by atoms with Crippen LogP contribution < -0.4 is 4.74 Å².